The summed E-state index contributed by atoms with van der Waals surface area (Å²) < 4.78 is 2.85. The standard InChI is InChI=1S/C13H12BrN5S/c14-8-4-5-9(10(15)6-8)12-18-19-11(7-2-1-3-7)16-17-13(19)20-12/h4-7H,1-3,15H2. The van der Waals surface area contributed by atoms with Crippen LogP contribution in [0.4, 0.5) is 5.69 Å². The zero-order valence-corrected chi connectivity index (χ0v) is 13.0. The number of rotatable bonds is 2. The zero-order valence-electron chi connectivity index (χ0n) is 10.6. The normalized spacial score (nSPS) is 15.7. The fourth-order valence-corrected chi connectivity index (χ4v) is 3.66. The second-order valence-electron chi connectivity index (χ2n) is 5.02. The largest absolute Gasteiger partial charge is 0.398 e. The van der Waals surface area contributed by atoms with Crippen LogP contribution in [0.3, 0.4) is 0 Å². The third kappa shape index (κ3) is 1.84. The van der Waals surface area contributed by atoms with Gasteiger partial charge in [0.2, 0.25) is 4.96 Å². The first kappa shape index (κ1) is 12.3. The van der Waals surface area contributed by atoms with Crippen LogP contribution in [0, 0.1) is 0 Å². The van der Waals surface area contributed by atoms with Crippen molar-refractivity contribution in [3.63, 3.8) is 0 Å². The monoisotopic (exact) mass is 349 g/mol. The summed E-state index contributed by atoms with van der Waals surface area (Å²) in [6, 6.07) is 5.85. The first-order valence-corrected chi connectivity index (χ1v) is 8.11. The minimum atomic E-state index is 0.516. The molecular formula is C13H12BrN5S. The summed E-state index contributed by atoms with van der Waals surface area (Å²) in [6.07, 6.45) is 3.65. The summed E-state index contributed by atoms with van der Waals surface area (Å²) in [6.45, 7) is 0. The van der Waals surface area contributed by atoms with E-state index in [1.54, 1.807) is 0 Å². The molecule has 2 N–H and O–H groups in total. The molecule has 5 nitrogen and oxygen atoms in total. The highest BCUT2D eigenvalue weighted by Gasteiger charge is 2.26. The van der Waals surface area contributed by atoms with E-state index in [4.69, 9.17) is 5.73 Å². The van der Waals surface area contributed by atoms with Gasteiger partial charge in [-0.25, -0.2) is 0 Å². The van der Waals surface area contributed by atoms with Crippen LogP contribution in [-0.4, -0.2) is 19.8 Å². The van der Waals surface area contributed by atoms with Gasteiger partial charge in [0.05, 0.1) is 0 Å². The van der Waals surface area contributed by atoms with Gasteiger partial charge in [-0.3, -0.25) is 0 Å². The van der Waals surface area contributed by atoms with Gasteiger partial charge in [0.25, 0.3) is 0 Å². The highest BCUT2D eigenvalue weighted by atomic mass is 79.9. The molecule has 2 aromatic heterocycles. The maximum Gasteiger partial charge on any atom is 0.234 e. The summed E-state index contributed by atoms with van der Waals surface area (Å²) in [5, 5.41) is 14.0. The predicted molar refractivity (Wildman–Crippen MR) is 82.8 cm³/mol. The van der Waals surface area contributed by atoms with E-state index < -0.39 is 0 Å². The first-order valence-electron chi connectivity index (χ1n) is 6.50. The summed E-state index contributed by atoms with van der Waals surface area (Å²) in [4.78, 5) is 0.837. The van der Waals surface area contributed by atoms with Crippen molar-refractivity contribution in [2.75, 3.05) is 5.73 Å². The number of fused-ring (bicyclic) bond motifs is 1. The highest BCUT2D eigenvalue weighted by molar-refractivity contribution is 9.10. The van der Waals surface area contributed by atoms with Gasteiger partial charge in [0, 0.05) is 21.6 Å². The molecule has 102 valence electrons. The minimum Gasteiger partial charge on any atom is -0.398 e. The Morgan fingerprint density at radius 1 is 1.30 bits per heavy atom. The maximum absolute atomic E-state index is 6.07. The number of nitrogens with zero attached hydrogens (tertiary/aromatic N) is 4. The van der Waals surface area contributed by atoms with Gasteiger partial charge >= 0.3 is 0 Å². The zero-order chi connectivity index (χ0) is 13.7. The minimum absolute atomic E-state index is 0.516. The van der Waals surface area contributed by atoms with Crippen LogP contribution < -0.4 is 5.73 Å². The Hall–Kier alpha value is -1.47. The van der Waals surface area contributed by atoms with Crippen molar-refractivity contribution < 1.29 is 0 Å². The van der Waals surface area contributed by atoms with Gasteiger partial charge in [-0.1, -0.05) is 33.7 Å². The summed E-state index contributed by atoms with van der Waals surface area (Å²) in [5.74, 6) is 1.51. The number of hydrogen-bond acceptors (Lipinski definition) is 5. The van der Waals surface area contributed by atoms with Crippen molar-refractivity contribution in [3.05, 3.63) is 28.5 Å². The van der Waals surface area contributed by atoms with Crippen LogP contribution in [0.5, 0.6) is 0 Å². The number of aromatic nitrogens is 4. The van der Waals surface area contributed by atoms with Crippen LogP contribution in [0.15, 0.2) is 22.7 Å². The van der Waals surface area contributed by atoms with E-state index in [2.05, 4.69) is 31.2 Å². The van der Waals surface area contributed by atoms with Gasteiger partial charge in [-0.15, -0.1) is 10.2 Å². The average Bonchev–Trinajstić information content (AvgIpc) is 2.89. The summed E-state index contributed by atoms with van der Waals surface area (Å²) >= 11 is 4.95. The van der Waals surface area contributed by atoms with E-state index >= 15 is 0 Å². The number of nitrogen functional groups attached to an aromatic ring is 1. The van der Waals surface area contributed by atoms with Crippen molar-refractivity contribution in [2.45, 2.75) is 25.2 Å². The fourth-order valence-electron chi connectivity index (χ4n) is 2.39. The molecule has 1 saturated carbocycles. The van der Waals surface area contributed by atoms with E-state index in [0.29, 0.717) is 5.92 Å². The van der Waals surface area contributed by atoms with Gasteiger partial charge in [-0.2, -0.15) is 9.61 Å². The van der Waals surface area contributed by atoms with E-state index in [1.165, 1.54) is 30.6 Å². The summed E-state index contributed by atoms with van der Waals surface area (Å²) in [7, 11) is 0. The number of halogens is 1. The topological polar surface area (TPSA) is 69.1 Å². The molecule has 2 heterocycles. The molecule has 3 aromatic rings. The highest BCUT2D eigenvalue weighted by Crippen LogP contribution is 2.37. The molecular weight excluding hydrogens is 338 g/mol. The SMILES string of the molecule is Nc1cc(Br)ccc1-c1nn2c(C3CCC3)nnc2s1. The molecule has 0 radical (unpaired) electrons. The molecule has 0 aliphatic heterocycles. The Morgan fingerprint density at radius 3 is 2.85 bits per heavy atom. The average molecular weight is 350 g/mol. The molecule has 0 amide bonds. The molecule has 1 fully saturated rings. The van der Waals surface area contributed by atoms with Crippen LogP contribution >= 0.6 is 27.3 Å². The fraction of sp³-hybridized carbons (Fsp3) is 0.308. The van der Waals surface area contributed by atoms with Crippen LogP contribution in [0.1, 0.15) is 31.0 Å². The lowest BCUT2D eigenvalue weighted by Gasteiger charge is -2.22. The molecule has 0 bridgehead atoms. The van der Waals surface area contributed by atoms with E-state index in [1.807, 2.05) is 22.7 Å². The lowest BCUT2D eigenvalue weighted by Crippen LogP contribution is -2.13. The van der Waals surface area contributed by atoms with Crippen LogP contribution in [0.25, 0.3) is 15.5 Å². The number of hydrogen-bond donors (Lipinski definition) is 1. The van der Waals surface area contributed by atoms with Gasteiger partial charge in [0.1, 0.15) is 5.01 Å². The van der Waals surface area contributed by atoms with Gasteiger partial charge < -0.3 is 5.73 Å². The molecule has 0 spiro atoms. The molecule has 1 aliphatic rings. The first-order chi connectivity index (χ1) is 9.72. The quantitative estimate of drug-likeness (QED) is 0.719. The van der Waals surface area contributed by atoms with Crippen LogP contribution in [-0.2, 0) is 0 Å². The van der Waals surface area contributed by atoms with E-state index in [0.717, 1.165) is 31.5 Å². The number of benzene rings is 1. The molecule has 4 rings (SSSR count). The molecule has 7 heteroatoms. The van der Waals surface area contributed by atoms with Crippen molar-refractivity contribution >= 4 is 37.9 Å². The van der Waals surface area contributed by atoms with Gasteiger partial charge in [0.15, 0.2) is 5.82 Å². The molecule has 1 aromatic carbocycles. The molecule has 0 atom stereocenters. The molecule has 0 saturated heterocycles. The van der Waals surface area contributed by atoms with Gasteiger partial charge in [-0.05, 0) is 31.0 Å². The van der Waals surface area contributed by atoms with Crippen molar-refractivity contribution in [1.82, 2.24) is 19.8 Å². The second kappa shape index (κ2) is 4.53. The van der Waals surface area contributed by atoms with Crippen LogP contribution in [0.2, 0.25) is 0 Å². The van der Waals surface area contributed by atoms with Crippen molar-refractivity contribution in [1.29, 1.82) is 0 Å². The van der Waals surface area contributed by atoms with Crippen molar-refractivity contribution in [3.8, 4) is 10.6 Å². The third-order valence-corrected chi connectivity index (χ3v) is 5.15. The Kier molecular flexibility index (Phi) is 2.78. The maximum atomic E-state index is 6.07. The Bertz CT molecular complexity index is 789. The molecule has 0 unspecified atom stereocenters. The predicted octanol–water partition coefficient (Wildman–Crippen LogP) is 3.47. The lowest BCUT2D eigenvalue weighted by molar-refractivity contribution is 0.395. The molecule has 1 aliphatic carbocycles. The number of nitrogens with two attached hydrogens (primary N) is 1. The smallest absolute Gasteiger partial charge is 0.234 e. The molecule has 20 heavy (non-hydrogen) atoms. The third-order valence-electron chi connectivity index (χ3n) is 3.73. The Labute approximate surface area is 128 Å². The lowest BCUT2D eigenvalue weighted by atomic mass is 9.85. The summed E-state index contributed by atoms with van der Waals surface area (Å²) in [5.41, 5.74) is 7.74. The van der Waals surface area contributed by atoms with E-state index in [9.17, 15) is 0 Å². The second-order valence-corrected chi connectivity index (χ2v) is 6.89. The Balaban J connectivity index is 1.82. The van der Waals surface area contributed by atoms with E-state index in [-0.39, 0.29) is 0 Å². The van der Waals surface area contributed by atoms with Crippen molar-refractivity contribution in [2.24, 2.45) is 0 Å². The number of anilines is 1. The Morgan fingerprint density at radius 2 is 2.15 bits per heavy atom.